The van der Waals surface area contributed by atoms with E-state index >= 15 is 0 Å². The number of esters is 1. The molecule has 1 saturated heterocycles. The quantitative estimate of drug-likeness (QED) is 0.561. The zero-order valence-electron chi connectivity index (χ0n) is 16.2. The number of carbonyl (C=O) groups excluding carboxylic acids is 4. The lowest BCUT2D eigenvalue weighted by Crippen LogP contribution is -2.54. The van der Waals surface area contributed by atoms with Gasteiger partial charge in [0.1, 0.15) is 12.1 Å². The summed E-state index contributed by atoms with van der Waals surface area (Å²) in [5.41, 5.74) is -1.03. The molecule has 26 heavy (non-hydrogen) atoms. The number of carbonyl (C=O) groups is 4. The number of nitrogens with zero attached hydrogens (tertiary/aromatic N) is 1. The summed E-state index contributed by atoms with van der Waals surface area (Å²) >= 11 is 0. The van der Waals surface area contributed by atoms with E-state index in [0.717, 1.165) is 11.3 Å². The Morgan fingerprint density at radius 1 is 1.31 bits per heavy atom. The van der Waals surface area contributed by atoms with Gasteiger partial charge in [-0.2, -0.15) is 0 Å². The molecule has 2 aliphatic rings. The van der Waals surface area contributed by atoms with Gasteiger partial charge in [-0.3, -0.25) is 19.3 Å². The van der Waals surface area contributed by atoms with Crippen LogP contribution in [0.5, 0.6) is 0 Å². The molecule has 1 aliphatic carbocycles. The Bertz CT molecular complexity index is 616. The highest BCUT2D eigenvalue weighted by molar-refractivity contribution is 6.08. The predicted octanol–water partition coefficient (Wildman–Crippen LogP) is 1.19. The molecule has 2 rings (SSSR count). The van der Waals surface area contributed by atoms with Gasteiger partial charge in [-0.05, 0) is 44.4 Å². The van der Waals surface area contributed by atoms with E-state index in [9.17, 15) is 19.2 Å². The van der Waals surface area contributed by atoms with Crippen molar-refractivity contribution in [3.05, 3.63) is 0 Å². The van der Waals surface area contributed by atoms with Crippen LogP contribution >= 0.6 is 0 Å². The van der Waals surface area contributed by atoms with Crippen molar-refractivity contribution in [2.45, 2.75) is 65.5 Å². The summed E-state index contributed by atoms with van der Waals surface area (Å²) in [7, 11) is 0. The van der Waals surface area contributed by atoms with Gasteiger partial charge in [0.2, 0.25) is 0 Å². The summed E-state index contributed by atoms with van der Waals surface area (Å²) in [4.78, 5) is 49.6. The van der Waals surface area contributed by atoms with Crippen molar-refractivity contribution < 1.29 is 23.9 Å². The molecular formula is C18H29N3O5. The molecule has 0 bridgehead atoms. The molecule has 1 saturated carbocycles. The number of amides is 4. The first kappa shape index (κ1) is 20.2. The van der Waals surface area contributed by atoms with Crippen LogP contribution in [-0.2, 0) is 19.1 Å². The van der Waals surface area contributed by atoms with Crippen LogP contribution < -0.4 is 10.6 Å². The van der Waals surface area contributed by atoms with Gasteiger partial charge in [0.25, 0.3) is 11.8 Å². The molecular weight excluding hydrogens is 338 g/mol. The van der Waals surface area contributed by atoms with Crippen molar-refractivity contribution >= 4 is 23.8 Å². The first-order valence-electron chi connectivity index (χ1n) is 9.03. The highest BCUT2D eigenvalue weighted by atomic mass is 16.5. The van der Waals surface area contributed by atoms with Crippen LogP contribution in [0, 0.1) is 11.3 Å². The Morgan fingerprint density at radius 3 is 2.54 bits per heavy atom. The molecule has 4 amide bonds. The number of nitrogens with one attached hydrogen (secondary N) is 2. The maximum atomic E-state index is 12.9. The van der Waals surface area contributed by atoms with E-state index in [1.807, 2.05) is 0 Å². The second kappa shape index (κ2) is 7.25. The van der Waals surface area contributed by atoms with Crippen molar-refractivity contribution in [3.8, 4) is 0 Å². The maximum Gasteiger partial charge on any atom is 0.326 e. The van der Waals surface area contributed by atoms with Crippen LogP contribution in [0.4, 0.5) is 4.79 Å². The number of hydrogen-bond acceptors (Lipinski definition) is 5. The summed E-state index contributed by atoms with van der Waals surface area (Å²) in [5.74, 6) is -1.31. The summed E-state index contributed by atoms with van der Waals surface area (Å²) in [6.45, 7) is 8.87. The van der Waals surface area contributed by atoms with Gasteiger partial charge in [0.05, 0.1) is 0 Å². The van der Waals surface area contributed by atoms with E-state index in [0.29, 0.717) is 12.8 Å². The first-order valence-corrected chi connectivity index (χ1v) is 9.03. The van der Waals surface area contributed by atoms with Crippen molar-refractivity contribution in [2.24, 2.45) is 11.3 Å². The fourth-order valence-corrected chi connectivity index (χ4v) is 4.33. The fraction of sp³-hybridized carbons (Fsp3) is 0.778. The minimum Gasteiger partial charge on any atom is -0.454 e. The topological polar surface area (TPSA) is 105 Å². The zero-order valence-corrected chi connectivity index (χ0v) is 16.2. The molecule has 8 heteroatoms. The number of hydrogen-bond donors (Lipinski definition) is 2. The smallest absolute Gasteiger partial charge is 0.326 e. The van der Waals surface area contributed by atoms with E-state index in [1.165, 1.54) is 0 Å². The molecule has 0 aromatic heterocycles. The van der Waals surface area contributed by atoms with Crippen LogP contribution in [0.15, 0.2) is 0 Å². The van der Waals surface area contributed by atoms with E-state index in [2.05, 4.69) is 31.4 Å². The SMILES string of the molecule is CC(C)NC(=O)COC(=O)CN1C(=O)N[C@]2(C[C@@H](C)CC(C)(C)C2)C1=O. The third-order valence-electron chi connectivity index (χ3n) is 4.73. The highest BCUT2D eigenvalue weighted by Gasteiger charge is 2.56. The lowest BCUT2D eigenvalue weighted by Gasteiger charge is -2.43. The molecule has 8 nitrogen and oxygen atoms in total. The molecule has 1 heterocycles. The van der Waals surface area contributed by atoms with Gasteiger partial charge in [-0.25, -0.2) is 4.79 Å². The standard InChI is InChI=1S/C18H29N3O5/c1-11(2)19-13(22)9-26-14(23)8-21-15(24)18(20-16(21)25)7-12(3)6-17(4,5)10-18/h11-12H,6-10H2,1-5H3,(H,19,22)(H,20,25)/t12-,18-/m0/s1. The largest absolute Gasteiger partial charge is 0.454 e. The molecule has 2 N–H and O–H groups in total. The summed E-state index contributed by atoms with van der Waals surface area (Å²) in [6.07, 6.45) is 2.07. The van der Waals surface area contributed by atoms with Crippen LogP contribution in [0.2, 0.25) is 0 Å². The average Bonchev–Trinajstić information content (AvgIpc) is 2.66. The molecule has 0 aromatic carbocycles. The Kier molecular flexibility index (Phi) is 5.63. The van der Waals surface area contributed by atoms with Crippen LogP contribution in [0.1, 0.15) is 53.9 Å². The third kappa shape index (κ3) is 4.53. The fourth-order valence-electron chi connectivity index (χ4n) is 4.33. The minimum absolute atomic E-state index is 0.0661. The molecule has 1 spiro atoms. The molecule has 2 fully saturated rings. The van der Waals surface area contributed by atoms with Crippen LogP contribution in [0.3, 0.4) is 0 Å². The lowest BCUT2D eigenvalue weighted by molar-refractivity contribution is -0.151. The van der Waals surface area contributed by atoms with E-state index in [4.69, 9.17) is 4.74 Å². The molecule has 0 aromatic rings. The zero-order chi connectivity index (χ0) is 19.7. The predicted molar refractivity (Wildman–Crippen MR) is 94.0 cm³/mol. The third-order valence-corrected chi connectivity index (χ3v) is 4.73. The van der Waals surface area contributed by atoms with Crippen molar-refractivity contribution in [1.82, 2.24) is 15.5 Å². The van der Waals surface area contributed by atoms with E-state index in [-0.39, 0.29) is 23.3 Å². The van der Waals surface area contributed by atoms with Crippen molar-refractivity contribution in [1.29, 1.82) is 0 Å². The van der Waals surface area contributed by atoms with E-state index in [1.54, 1.807) is 13.8 Å². The molecule has 2 atom stereocenters. The lowest BCUT2D eigenvalue weighted by atomic mass is 9.64. The van der Waals surface area contributed by atoms with Gasteiger partial charge in [0.15, 0.2) is 6.61 Å². The summed E-state index contributed by atoms with van der Waals surface area (Å²) in [5, 5.41) is 5.40. The van der Waals surface area contributed by atoms with Gasteiger partial charge in [-0.15, -0.1) is 0 Å². The molecule has 0 radical (unpaired) electrons. The Labute approximate surface area is 154 Å². The highest BCUT2D eigenvalue weighted by Crippen LogP contribution is 2.46. The maximum absolute atomic E-state index is 12.9. The summed E-state index contributed by atoms with van der Waals surface area (Å²) < 4.78 is 4.88. The number of urea groups is 1. The Hall–Kier alpha value is -2.12. The van der Waals surface area contributed by atoms with Crippen LogP contribution in [-0.4, -0.2) is 53.4 Å². The number of rotatable bonds is 5. The monoisotopic (exact) mass is 367 g/mol. The van der Waals surface area contributed by atoms with Crippen molar-refractivity contribution in [2.75, 3.05) is 13.2 Å². The number of ether oxygens (including phenoxy) is 1. The minimum atomic E-state index is -0.951. The first-order chi connectivity index (χ1) is 11.9. The molecule has 0 unspecified atom stereocenters. The van der Waals surface area contributed by atoms with E-state index < -0.39 is 36.6 Å². The Morgan fingerprint density at radius 2 is 1.96 bits per heavy atom. The van der Waals surface area contributed by atoms with Gasteiger partial charge in [0, 0.05) is 6.04 Å². The Balaban J connectivity index is 1.98. The van der Waals surface area contributed by atoms with Gasteiger partial charge >= 0.3 is 12.0 Å². The second-order valence-electron chi connectivity index (χ2n) is 8.64. The summed E-state index contributed by atoms with van der Waals surface area (Å²) in [6, 6.07) is -0.646. The van der Waals surface area contributed by atoms with Crippen molar-refractivity contribution in [3.63, 3.8) is 0 Å². The average molecular weight is 367 g/mol. The van der Waals surface area contributed by atoms with Gasteiger partial charge < -0.3 is 15.4 Å². The van der Waals surface area contributed by atoms with Gasteiger partial charge in [-0.1, -0.05) is 20.8 Å². The normalized spacial score (nSPS) is 27.6. The molecule has 146 valence electrons. The number of imide groups is 1. The molecule has 1 aliphatic heterocycles. The second-order valence-corrected chi connectivity index (χ2v) is 8.64. The van der Waals surface area contributed by atoms with Crippen LogP contribution in [0.25, 0.3) is 0 Å².